The minimum absolute atomic E-state index is 0.579. The van der Waals surface area contributed by atoms with Crippen molar-refractivity contribution in [2.45, 2.75) is 13.0 Å². The van der Waals surface area contributed by atoms with Gasteiger partial charge in [-0.2, -0.15) is 0 Å². The number of benzene rings is 2. The molecular formula is C18H24N2O3. The third-order valence-corrected chi connectivity index (χ3v) is 3.71. The van der Waals surface area contributed by atoms with Crippen LogP contribution >= 0.6 is 0 Å². The monoisotopic (exact) mass is 316 g/mol. The predicted molar refractivity (Wildman–Crippen MR) is 92.4 cm³/mol. The number of ether oxygens (including phenoxy) is 3. The van der Waals surface area contributed by atoms with E-state index in [4.69, 9.17) is 19.9 Å². The molecule has 2 aromatic rings. The summed E-state index contributed by atoms with van der Waals surface area (Å²) in [6.07, 6.45) is 0.814. The molecule has 124 valence electrons. The van der Waals surface area contributed by atoms with E-state index in [1.165, 1.54) is 0 Å². The van der Waals surface area contributed by atoms with E-state index < -0.39 is 0 Å². The SMILES string of the molecule is COc1cc(CCNCc2ccccc2OC)c(OC)cc1N. The summed E-state index contributed by atoms with van der Waals surface area (Å²) >= 11 is 0. The Hall–Kier alpha value is -2.40. The fourth-order valence-corrected chi connectivity index (χ4v) is 2.48. The van der Waals surface area contributed by atoms with Crippen LogP contribution in [0.25, 0.3) is 0 Å². The van der Waals surface area contributed by atoms with Crippen molar-refractivity contribution in [2.24, 2.45) is 0 Å². The van der Waals surface area contributed by atoms with Crippen molar-refractivity contribution >= 4 is 5.69 Å². The van der Waals surface area contributed by atoms with Gasteiger partial charge in [0.2, 0.25) is 0 Å². The summed E-state index contributed by atoms with van der Waals surface area (Å²) in [6, 6.07) is 11.7. The van der Waals surface area contributed by atoms with E-state index in [0.717, 1.165) is 42.1 Å². The molecule has 0 bridgehead atoms. The molecule has 0 heterocycles. The van der Waals surface area contributed by atoms with Gasteiger partial charge in [-0.1, -0.05) is 18.2 Å². The van der Waals surface area contributed by atoms with Crippen LogP contribution in [0.4, 0.5) is 5.69 Å². The largest absolute Gasteiger partial charge is 0.496 e. The molecule has 5 heteroatoms. The third kappa shape index (κ3) is 4.29. The van der Waals surface area contributed by atoms with E-state index >= 15 is 0 Å². The van der Waals surface area contributed by atoms with Crippen LogP contribution in [0.5, 0.6) is 17.2 Å². The second kappa shape index (κ2) is 8.29. The first-order valence-electron chi connectivity index (χ1n) is 7.52. The minimum Gasteiger partial charge on any atom is -0.496 e. The molecule has 0 saturated carbocycles. The molecule has 0 aromatic heterocycles. The van der Waals surface area contributed by atoms with Crippen molar-refractivity contribution in [3.63, 3.8) is 0 Å². The van der Waals surface area contributed by atoms with E-state index in [1.54, 1.807) is 27.4 Å². The van der Waals surface area contributed by atoms with E-state index in [9.17, 15) is 0 Å². The van der Waals surface area contributed by atoms with Crippen molar-refractivity contribution in [1.82, 2.24) is 5.32 Å². The molecule has 0 fully saturated rings. The van der Waals surface area contributed by atoms with Gasteiger partial charge < -0.3 is 25.3 Å². The zero-order chi connectivity index (χ0) is 16.7. The van der Waals surface area contributed by atoms with Crippen molar-refractivity contribution in [3.8, 4) is 17.2 Å². The van der Waals surface area contributed by atoms with Gasteiger partial charge in [-0.05, 0) is 30.7 Å². The fraction of sp³-hybridized carbons (Fsp3) is 0.333. The lowest BCUT2D eigenvalue weighted by Crippen LogP contribution is -2.17. The van der Waals surface area contributed by atoms with Crippen molar-refractivity contribution in [2.75, 3.05) is 33.6 Å². The predicted octanol–water partition coefficient (Wildman–Crippen LogP) is 2.63. The fourth-order valence-electron chi connectivity index (χ4n) is 2.48. The standard InChI is InChI=1S/C18H24N2O3/c1-21-16-7-5-4-6-14(16)12-20-9-8-13-10-18(23-3)15(19)11-17(13)22-2/h4-7,10-11,20H,8-9,12,19H2,1-3H3. The smallest absolute Gasteiger partial charge is 0.142 e. The Morgan fingerprint density at radius 1 is 0.870 bits per heavy atom. The molecular weight excluding hydrogens is 292 g/mol. The highest BCUT2D eigenvalue weighted by Gasteiger charge is 2.09. The molecule has 0 aliphatic heterocycles. The lowest BCUT2D eigenvalue weighted by atomic mass is 10.1. The number of nitrogens with one attached hydrogen (secondary N) is 1. The van der Waals surface area contributed by atoms with Gasteiger partial charge in [-0.25, -0.2) is 0 Å². The van der Waals surface area contributed by atoms with Crippen molar-refractivity contribution in [1.29, 1.82) is 0 Å². The normalized spacial score (nSPS) is 10.4. The van der Waals surface area contributed by atoms with E-state index in [1.807, 2.05) is 24.3 Å². The molecule has 2 aromatic carbocycles. The van der Waals surface area contributed by atoms with Crippen LogP contribution in [0.1, 0.15) is 11.1 Å². The maximum Gasteiger partial charge on any atom is 0.142 e. The van der Waals surface area contributed by atoms with Crippen molar-refractivity contribution in [3.05, 3.63) is 47.5 Å². The molecule has 23 heavy (non-hydrogen) atoms. The van der Waals surface area contributed by atoms with E-state index in [0.29, 0.717) is 11.4 Å². The Bertz CT molecular complexity index is 644. The van der Waals surface area contributed by atoms with Gasteiger partial charge >= 0.3 is 0 Å². The van der Waals surface area contributed by atoms with Crippen LogP contribution in [0.3, 0.4) is 0 Å². The van der Waals surface area contributed by atoms with Gasteiger partial charge in [0.05, 0.1) is 27.0 Å². The number of rotatable bonds is 8. The van der Waals surface area contributed by atoms with Crippen LogP contribution in [-0.4, -0.2) is 27.9 Å². The van der Waals surface area contributed by atoms with Crippen LogP contribution < -0.4 is 25.3 Å². The van der Waals surface area contributed by atoms with Crippen LogP contribution in [0.2, 0.25) is 0 Å². The summed E-state index contributed by atoms with van der Waals surface area (Å²) < 4.78 is 16.0. The lowest BCUT2D eigenvalue weighted by Gasteiger charge is -2.13. The summed E-state index contributed by atoms with van der Waals surface area (Å²) in [5, 5.41) is 3.42. The molecule has 0 aliphatic carbocycles. The second-order valence-corrected chi connectivity index (χ2v) is 5.14. The minimum atomic E-state index is 0.579. The number of nitrogens with two attached hydrogens (primary N) is 1. The zero-order valence-electron chi connectivity index (χ0n) is 13.9. The van der Waals surface area contributed by atoms with Crippen LogP contribution in [-0.2, 0) is 13.0 Å². The number of anilines is 1. The number of nitrogen functional groups attached to an aromatic ring is 1. The Morgan fingerprint density at radius 2 is 1.57 bits per heavy atom. The maximum absolute atomic E-state index is 5.90. The molecule has 0 spiro atoms. The Kier molecular flexibility index (Phi) is 6.11. The van der Waals surface area contributed by atoms with Gasteiger partial charge in [0.25, 0.3) is 0 Å². The summed E-state index contributed by atoms with van der Waals surface area (Å²) in [5.74, 6) is 2.35. The quantitative estimate of drug-likeness (QED) is 0.579. The van der Waals surface area contributed by atoms with Gasteiger partial charge in [0, 0.05) is 18.2 Å². The van der Waals surface area contributed by atoms with E-state index in [-0.39, 0.29) is 0 Å². The van der Waals surface area contributed by atoms with E-state index in [2.05, 4.69) is 11.4 Å². The number of methoxy groups -OCH3 is 3. The molecule has 0 unspecified atom stereocenters. The van der Waals surface area contributed by atoms with Gasteiger partial charge in [-0.3, -0.25) is 0 Å². The molecule has 5 nitrogen and oxygen atoms in total. The zero-order valence-corrected chi connectivity index (χ0v) is 13.9. The molecule has 0 aliphatic rings. The molecule has 0 saturated heterocycles. The molecule has 0 atom stereocenters. The van der Waals surface area contributed by atoms with Gasteiger partial charge in [0.15, 0.2) is 0 Å². The number of hydrogen-bond donors (Lipinski definition) is 2. The molecule has 2 rings (SSSR count). The molecule has 3 N–H and O–H groups in total. The average Bonchev–Trinajstić information content (AvgIpc) is 2.59. The highest BCUT2D eigenvalue weighted by atomic mass is 16.5. The molecule has 0 amide bonds. The summed E-state index contributed by atoms with van der Waals surface area (Å²) in [6.45, 7) is 1.56. The first-order chi connectivity index (χ1) is 11.2. The highest BCUT2D eigenvalue weighted by molar-refractivity contribution is 5.59. The topological polar surface area (TPSA) is 65.7 Å². The lowest BCUT2D eigenvalue weighted by molar-refractivity contribution is 0.399. The first-order valence-corrected chi connectivity index (χ1v) is 7.52. The third-order valence-electron chi connectivity index (χ3n) is 3.71. The highest BCUT2D eigenvalue weighted by Crippen LogP contribution is 2.30. The van der Waals surface area contributed by atoms with Crippen molar-refractivity contribution < 1.29 is 14.2 Å². The summed E-state index contributed by atoms with van der Waals surface area (Å²) in [7, 11) is 4.94. The summed E-state index contributed by atoms with van der Waals surface area (Å²) in [4.78, 5) is 0. The average molecular weight is 316 g/mol. The summed E-state index contributed by atoms with van der Waals surface area (Å²) in [5.41, 5.74) is 8.68. The number of para-hydroxylation sites is 1. The maximum atomic E-state index is 5.90. The second-order valence-electron chi connectivity index (χ2n) is 5.14. The Labute approximate surface area is 137 Å². The van der Waals surface area contributed by atoms with Gasteiger partial charge in [-0.15, -0.1) is 0 Å². The van der Waals surface area contributed by atoms with Crippen LogP contribution in [0, 0.1) is 0 Å². The first kappa shape index (κ1) is 17.0. The van der Waals surface area contributed by atoms with Crippen LogP contribution in [0.15, 0.2) is 36.4 Å². The van der Waals surface area contributed by atoms with Gasteiger partial charge in [0.1, 0.15) is 17.2 Å². The molecule has 0 radical (unpaired) electrons. The Balaban J connectivity index is 1.96. The number of hydrogen-bond acceptors (Lipinski definition) is 5. The Morgan fingerprint density at radius 3 is 2.26 bits per heavy atom.